The summed E-state index contributed by atoms with van der Waals surface area (Å²) in [5.74, 6) is 0.383. The second-order valence-corrected chi connectivity index (χ2v) is 5.61. The number of aromatic nitrogens is 2. The minimum atomic E-state index is -0.142. The zero-order chi connectivity index (χ0) is 15.2. The molecular formula is C16H22N4O. The third-order valence-electron chi connectivity index (χ3n) is 3.16. The average molecular weight is 286 g/mol. The quantitative estimate of drug-likeness (QED) is 0.852. The maximum atomic E-state index is 12.1. The summed E-state index contributed by atoms with van der Waals surface area (Å²) in [5, 5.41) is 7.06. The summed E-state index contributed by atoms with van der Waals surface area (Å²) in [6.07, 6.45) is 4.18. The Bertz CT molecular complexity index is 577. The second-order valence-electron chi connectivity index (χ2n) is 5.61. The lowest BCUT2D eigenvalue weighted by molar-refractivity contribution is 0.0950. The Morgan fingerprint density at radius 1 is 1.33 bits per heavy atom. The Morgan fingerprint density at radius 3 is 2.71 bits per heavy atom. The first-order valence-electron chi connectivity index (χ1n) is 7.20. The molecule has 0 saturated carbocycles. The Labute approximate surface area is 125 Å². The lowest BCUT2D eigenvalue weighted by atomic mass is 10.0. The number of hydrogen-bond donors (Lipinski definition) is 2. The van der Waals surface area contributed by atoms with Gasteiger partial charge in [-0.05, 0) is 24.5 Å². The van der Waals surface area contributed by atoms with Crippen LogP contribution in [-0.2, 0) is 0 Å². The minimum Gasteiger partial charge on any atom is -0.350 e. The molecule has 2 rings (SSSR count). The van der Waals surface area contributed by atoms with Gasteiger partial charge in [-0.15, -0.1) is 0 Å². The Morgan fingerprint density at radius 2 is 2.05 bits per heavy atom. The summed E-state index contributed by atoms with van der Waals surface area (Å²) in [7, 11) is 0. The van der Waals surface area contributed by atoms with E-state index in [1.54, 1.807) is 17.1 Å². The fourth-order valence-corrected chi connectivity index (χ4v) is 2.18. The number of nitrogens with zero attached hydrogens (tertiary/aromatic N) is 2. The van der Waals surface area contributed by atoms with E-state index in [4.69, 9.17) is 5.73 Å². The second kappa shape index (κ2) is 7.04. The molecule has 112 valence electrons. The van der Waals surface area contributed by atoms with Gasteiger partial charge in [-0.3, -0.25) is 4.79 Å². The van der Waals surface area contributed by atoms with Gasteiger partial charge in [-0.2, -0.15) is 5.10 Å². The molecule has 5 heteroatoms. The lowest BCUT2D eigenvalue weighted by Gasteiger charge is -2.14. The number of hydrogen-bond acceptors (Lipinski definition) is 3. The molecule has 0 fully saturated rings. The lowest BCUT2D eigenvalue weighted by Crippen LogP contribution is -2.37. The smallest absolute Gasteiger partial charge is 0.254 e. The highest BCUT2D eigenvalue weighted by Gasteiger charge is 2.11. The van der Waals surface area contributed by atoms with Crippen molar-refractivity contribution in [2.24, 2.45) is 11.7 Å². The third-order valence-corrected chi connectivity index (χ3v) is 3.16. The number of carbonyl (C=O) groups excluding carboxylic acids is 1. The first-order chi connectivity index (χ1) is 10.1. The Hall–Kier alpha value is -2.14. The van der Waals surface area contributed by atoms with Gasteiger partial charge in [0.1, 0.15) is 0 Å². The van der Waals surface area contributed by atoms with E-state index in [1.807, 2.05) is 30.3 Å². The van der Waals surface area contributed by atoms with Gasteiger partial charge < -0.3 is 11.1 Å². The van der Waals surface area contributed by atoms with Crippen LogP contribution in [0, 0.1) is 5.92 Å². The fourth-order valence-electron chi connectivity index (χ4n) is 2.18. The molecule has 0 aliphatic rings. The van der Waals surface area contributed by atoms with E-state index >= 15 is 0 Å². The number of para-hydroxylation sites is 1. The molecule has 5 nitrogen and oxygen atoms in total. The third kappa shape index (κ3) is 4.43. The Kier molecular flexibility index (Phi) is 5.11. The summed E-state index contributed by atoms with van der Waals surface area (Å²) in [4.78, 5) is 12.1. The van der Waals surface area contributed by atoms with Crippen LogP contribution in [0.2, 0.25) is 0 Å². The van der Waals surface area contributed by atoms with Crippen molar-refractivity contribution in [1.82, 2.24) is 15.1 Å². The summed E-state index contributed by atoms with van der Waals surface area (Å²) < 4.78 is 1.68. The predicted octanol–water partition coefficient (Wildman–Crippen LogP) is 1.98. The summed E-state index contributed by atoms with van der Waals surface area (Å²) >= 11 is 0. The molecule has 1 aromatic carbocycles. The van der Waals surface area contributed by atoms with E-state index in [-0.39, 0.29) is 11.9 Å². The summed E-state index contributed by atoms with van der Waals surface area (Å²) in [6, 6.07) is 9.67. The van der Waals surface area contributed by atoms with Crippen molar-refractivity contribution in [1.29, 1.82) is 0 Å². The molecule has 3 N–H and O–H groups in total. The van der Waals surface area contributed by atoms with Crippen LogP contribution in [0.15, 0.2) is 42.7 Å². The van der Waals surface area contributed by atoms with Crippen molar-refractivity contribution in [2.75, 3.05) is 6.54 Å². The van der Waals surface area contributed by atoms with Crippen LogP contribution in [0.5, 0.6) is 0 Å². The zero-order valence-electron chi connectivity index (χ0n) is 12.5. The van der Waals surface area contributed by atoms with Crippen LogP contribution < -0.4 is 11.1 Å². The van der Waals surface area contributed by atoms with Gasteiger partial charge in [-0.1, -0.05) is 32.0 Å². The zero-order valence-corrected chi connectivity index (χ0v) is 12.5. The van der Waals surface area contributed by atoms with Crippen LogP contribution in [-0.4, -0.2) is 28.3 Å². The average Bonchev–Trinajstić information content (AvgIpc) is 2.95. The molecule has 1 atom stereocenters. The van der Waals surface area contributed by atoms with Gasteiger partial charge in [0, 0.05) is 18.8 Å². The topological polar surface area (TPSA) is 72.9 Å². The minimum absolute atomic E-state index is 0.0156. The number of benzene rings is 1. The van der Waals surface area contributed by atoms with Crippen LogP contribution in [0.25, 0.3) is 5.69 Å². The SMILES string of the molecule is CC(C)CC(N)CNC(=O)c1cnn(-c2ccccc2)c1. The Balaban J connectivity index is 1.93. The molecule has 0 aliphatic carbocycles. The largest absolute Gasteiger partial charge is 0.350 e. The first-order valence-corrected chi connectivity index (χ1v) is 7.20. The molecular weight excluding hydrogens is 264 g/mol. The van der Waals surface area contributed by atoms with E-state index in [0.717, 1.165) is 12.1 Å². The van der Waals surface area contributed by atoms with E-state index in [1.165, 1.54) is 0 Å². The van der Waals surface area contributed by atoms with Crippen LogP contribution in [0.4, 0.5) is 0 Å². The van der Waals surface area contributed by atoms with Gasteiger partial charge in [0.25, 0.3) is 5.91 Å². The number of rotatable bonds is 6. The molecule has 21 heavy (non-hydrogen) atoms. The van der Waals surface area contributed by atoms with E-state index in [2.05, 4.69) is 24.3 Å². The van der Waals surface area contributed by atoms with Crippen LogP contribution in [0.1, 0.15) is 30.6 Å². The number of carbonyl (C=O) groups is 1. The van der Waals surface area contributed by atoms with Crippen molar-refractivity contribution in [3.8, 4) is 5.69 Å². The number of amides is 1. The fraction of sp³-hybridized carbons (Fsp3) is 0.375. The molecule has 0 radical (unpaired) electrons. The van der Waals surface area contributed by atoms with Gasteiger partial charge in [0.05, 0.1) is 17.4 Å². The van der Waals surface area contributed by atoms with Crippen molar-refractivity contribution in [3.63, 3.8) is 0 Å². The van der Waals surface area contributed by atoms with Gasteiger partial charge in [0.15, 0.2) is 0 Å². The first kappa shape index (κ1) is 15.3. The highest BCUT2D eigenvalue weighted by atomic mass is 16.1. The van der Waals surface area contributed by atoms with E-state index < -0.39 is 0 Å². The van der Waals surface area contributed by atoms with Gasteiger partial charge in [-0.25, -0.2) is 4.68 Å². The van der Waals surface area contributed by atoms with Crippen molar-refractivity contribution in [2.45, 2.75) is 26.3 Å². The standard InChI is InChI=1S/C16H22N4O/c1-12(2)8-14(17)10-18-16(21)13-9-19-20(11-13)15-6-4-3-5-7-15/h3-7,9,11-12,14H,8,10,17H2,1-2H3,(H,18,21). The van der Waals surface area contributed by atoms with E-state index in [9.17, 15) is 4.79 Å². The van der Waals surface area contributed by atoms with Crippen molar-refractivity contribution in [3.05, 3.63) is 48.3 Å². The molecule has 1 amide bonds. The van der Waals surface area contributed by atoms with Gasteiger partial charge in [0.2, 0.25) is 0 Å². The molecule has 1 unspecified atom stereocenters. The molecule has 0 aliphatic heterocycles. The molecule has 0 saturated heterocycles. The maximum Gasteiger partial charge on any atom is 0.254 e. The maximum absolute atomic E-state index is 12.1. The van der Waals surface area contributed by atoms with Crippen molar-refractivity contribution >= 4 is 5.91 Å². The van der Waals surface area contributed by atoms with Crippen LogP contribution in [0.3, 0.4) is 0 Å². The van der Waals surface area contributed by atoms with Crippen molar-refractivity contribution < 1.29 is 4.79 Å². The normalized spacial score (nSPS) is 12.4. The van der Waals surface area contributed by atoms with E-state index in [0.29, 0.717) is 18.0 Å². The predicted molar refractivity (Wildman–Crippen MR) is 83.3 cm³/mol. The number of nitrogens with one attached hydrogen (secondary N) is 1. The summed E-state index contributed by atoms with van der Waals surface area (Å²) in [5.41, 5.74) is 7.42. The molecule has 2 aromatic rings. The molecule has 0 bridgehead atoms. The molecule has 1 heterocycles. The summed E-state index contributed by atoms with van der Waals surface area (Å²) in [6.45, 7) is 4.71. The van der Waals surface area contributed by atoms with Crippen LogP contribution >= 0.6 is 0 Å². The molecule has 1 aromatic heterocycles. The highest BCUT2D eigenvalue weighted by molar-refractivity contribution is 5.93. The number of nitrogens with two attached hydrogens (primary N) is 1. The van der Waals surface area contributed by atoms with Gasteiger partial charge >= 0.3 is 0 Å². The molecule has 0 spiro atoms. The monoisotopic (exact) mass is 286 g/mol. The highest BCUT2D eigenvalue weighted by Crippen LogP contribution is 2.08.